The van der Waals surface area contributed by atoms with Crippen molar-refractivity contribution in [3.8, 4) is 0 Å². The van der Waals surface area contributed by atoms with Crippen molar-refractivity contribution in [3.05, 3.63) is 29.3 Å². The van der Waals surface area contributed by atoms with Crippen LogP contribution in [0.15, 0.2) is 24.3 Å². The Bertz CT molecular complexity index is 552. The van der Waals surface area contributed by atoms with Gasteiger partial charge in [-0.05, 0) is 25.5 Å². The van der Waals surface area contributed by atoms with Gasteiger partial charge in [0.15, 0.2) is 0 Å². The van der Waals surface area contributed by atoms with Gasteiger partial charge in [0.1, 0.15) is 5.01 Å². The number of aromatic nitrogens is 1. The minimum atomic E-state index is 0.158. The molecule has 0 aliphatic carbocycles. The standard InChI is InChI=1S/C14H17N3OS/c1-9(16-10-6-7-13(18)15-8-10)14-17-11-4-2-3-5-12(11)19-14/h2-5,9-10,16H,6-8H2,1H3,(H,15,18). The fourth-order valence-electron chi connectivity index (χ4n) is 2.38. The molecule has 100 valence electrons. The average Bonchev–Trinajstić information content (AvgIpc) is 2.85. The monoisotopic (exact) mass is 275 g/mol. The summed E-state index contributed by atoms with van der Waals surface area (Å²) in [5, 5.41) is 7.56. The van der Waals surface area contributed by atoms with Crippen LogP contribution in [-0.4, -0.2) is 23.5 Å². The Hall–Kier alpha value is -1.46. The molecule has 0 saturated carbocycles. The van der Waals surface area contributed by atoms with Crippen LogP contribution in [0.4, 0.5) is 0 Å². The first-order chi connectivity index (χ1) is 9.22. The minimum Gasteiger partial charge on any atom is -0.355 e. The number of thiazole rings is 1. The van der Waals surface area contributed by atoms with Crippen LogP contribution in [0, 0.1) is 0 Å². The summed E-state index contributed by atoms with van der Waals surface area (Å²) in [7, 11) is 0. The van der Waals surface area contributed by atoms with Crippen LogP contribution < -0.4 is 10.6 Å². The van der Waals surface area contributed by atoms with E-state index in [0.717, 1.165) is 16.9 Å². The minimum absolute atomic E-state index is 0.158. The zero-order chi connectivity index (χ0) is 13.2. The van der Waals surface area contributed by atoms with Crippen molar-refractivity contribution in [3.63, 3.8) is 0 Å². The molecule has 2 aromatic rings. The molecular weight excluding hydrogens is 258 g/mol. The number of hydrogen-bond acceptors (Lipinski definition) is 4. The molecule has 1 aliphatic heterocycles. The second-order valence-electron chi connectivity index (χ2n) is 4.95. The van der Waals surface area contributed by atoms with Crippen LogP contribution in [0.25, 0.3) is 10.2 Å². The number of piperidine rings is 1. The quantitative estimate of drug-likeness (QED) is 0.903. The number of fused-ring (bicyclic) bond motifs is 1. The number of amides is 1. The van der Waals surface area contributed by atoms with Crippen molar-refractivity contribution in [2.45, 2.75) is 31.8 Å². The molecule has 4 nitrogen and oxygen atoms in total. The lowest BCUT2D eigenvalue weighted by atomic mass is 10.1. The number of nitrogens with one attached hydrogen (secondary N) is 2. The van der Waals surface area contributed by atoms with Gasteiger partial charge in [0.25, 0.3) is 0 Å². The molecular formula is C14H17N3OS. The van der Waals surface area contributed by atoms with E-state index in [2.05, 4.69) is 28.6 Å². The molecule has 5 heteroatoms. The molecule has 2 heterocycles. The van der Waals surface area contributed by atoms with Crippen molar-refractivity contribution in [2.24, 2.45) is 0 Å². The molecule has 0 radical (unpaired) electrons. The molecule has 2 unspecified atom stereocenters. The summed E-state index contributed by atoms with van der Waals surface area (Å²) in [6.07, 6.45) is 1.52. The molecule has 3 rings (SSSR count). The average molecular weight is 275 g/mol. The van der Waals surface area contributed by atoms with Crippen LogP contribution in [0.3, 0.4) is 0 Å². The zero-order valence-corrected chi connectivity index (χ0v) is 11.7. The molecule has 0 bridgehead atoms. The van der Waals surface area contributed by atoms with E-state index in [0.29, 0.717) is 19.0 Å². The van der Waals surface area contributed by atoms with Gasteiger partial charge >= 0.3 is 0 Å². The Kier molecular flexibility index (Phi) is 3.48. The fraction of sp³-hybridized carbons (Fsp3) is 0.429. The fourth-order valence-corrected chi connectivity index (χ4v) is 3.35. The van der Waals surface area contributed by atoms with Crippen molar-refractivity contribution >= 4 is 27.5 Å². The number of carbonyl (C=O) groups is 1. The lowest BCUT2D eigenvalue weighted by Crippen LogP contribution is -2.46. The van der Waals surface area contributed by atoms with E-state index in [-0.39, 0.29) is 11.9 Å². The maximum Gasteiger partial charge on any atom is 0.220 e. The van der Waals surface area contributed by atoms with E-state index in [4.69, 9.17) is 0 Å². The molecule has 1 aromatic carbocycles. The molecule has 2 atom stereocenters. The first-order valence-corrected chi connectivity index (χ1v) is 7.42. The van der Waals surface area contributed by atoms with Gasteiger partial charge in [-0.15, -0.1) is 11.3 Å². The summed E-state index contributed by atoms with van der Waals surface area (Å²) >= 11 is 1.73. The maximum atomic E-state index is 11.1. The van der Waals surface area contributed by atoms with Gasteiger partial charge in [-0.1, -0.05) is 12.1 Å². The van der Waals surface area contributed by atoms with Gasteiger partial charge in [-0.3, -0.25) is 4.79 Å². The van der Waals surface area contributed by atoms with Crippen LogP contribution in [0.5, 0.6) is 0 Å². The number of para-hydroxylation sites is 1. The van der Waals surface area contributed by atoms with E-state index < -0.39 is 0 Å². The number of rotatable bonds is 3. The summed E-state index contributed by atoms with van der Waals surface area (Å²) in [6, 6.07) is 8.77. The molecule has 1 amide bonds. The summed E-state index contributed by atoms with van der Waals surface area (Å²) < 4.78 is 1.23. The highest BCUT2D eigenvalue weighted by atomic mass is 32.1. The predicted molar refractivity (Wildman–Crippen MR) is 77.2 cm³/mol. The van der Waals surface area contributed by atoms with Gasteiger partial charge in [0.2, 0.25) is 5.91 Å². The predicted octanol–water partition coefficient (Wildman–Crippen LogP) is 2.23. The van der Waals surface area contributed by atoms with Crippen molar-refractivity contribution < 1.29 is 4.79 Å². The summed E-state index contributed by atoms with van der Waals surface area (Å²) in [4.78, 5) is 15.8. The highest BCUT2D eigenvalue weighted by Gasteiger charge is 2.21. The van der Waals surface area contributed by atoms with Crippen LogP contribution in [0.2, 0.25) is 0 Å². The first-order valence-electron chi connectivity index (χ1n) is 6.60. The normalized spacial score (nSPS) is 21.3. The number of carbonyl (C=O) groups excluding carboxylic acids is 1. The van der Waals surface area contributed by atoms with Crippen LogP contribution in [-0.2, 0) is 4.79 Å². The van der Waals surface area contributed by atoms with E-state index in [1.54, 1.807) is 11.3 Å². The Morgan fingerprint density at radius 2 is 2.32 bits per heavy atom. The summed E-state index contributed by atoms with van der Waals surface area (Å²) in [5.74, 6) is 0.158. The molecule has 2 N–H and O–H groups in total. The highest BCUT2D eigenvalue weighted by molar-refractivity contribution is 7.18. The van der Waals surface area contributed by atoms with E-state index in [1.165, 1.54) is 4.70 Å². The largest absolute Gasteiger partial charge is 0.355 e. The van der Waals surface area contributed by atoms with Gasteiger partial charge in [-0.25, -0.2) is 4.98 Å². The van der Waals surface area contributed by atoms with E-state index in [9.17, 15) is 4.79 Å². The Balaban J connectivity index is 1.69. The van der Waals surface area contributed by atoms with Gasteiger partial charge in [0, 0.05) is 19.0 Å². The zero-order valence-electron chi connectivity index (χ0n) is 10.8. The third-order valence-corrected chi connectivity index (χ3v) is 4.65. The highest BCUT2D eigenvalue weighted by Crippen LogP contribution is 2.26. The third-order valence-electron chi connectivity index (χ3n) is 3.43. The molecule has 0 spiro atoms. The Labute approximate surface area is 116 Å². The van der Waals surface area contributed by atoms with Crippen molar-refractivity contribution in [1.82, 2.24) is 15.6 Å². The number of hydrogen-bond donors (Lipinski definition) is 2. The summed E-state index contributed by atoms with van der Waals surface area (Å²) in [5.41, 5.74) is 1.06. The van der Waals surface area contributed by atoms with Crippen molar-refractivity contribution in [1.29, 1.82) is 0 Å². The third kappa shape index (κ3) is 2.77. The Morgan fingerprint density at radius 3 is 3.05 bits per heavy atom. The smallest absolute Gasteiger partial charge is 0.220 e. The van der Waals surface area contributed by atoms with Gasteiger partial charge in [0.05, 0.1) is 16.3 Å². The van der Waals surface area contributed by atoms with E-state index in [1.807, 2.05) is 18.2 Å². The first kappa shape index (κ1) is 12.6. The number of nitrogens with zero attached hydrogens (tertiary/aromatic N) is 1. The lowest BCUT2D eigenvalue weighted by molar-refractivity contribution is -0.122. The second kappa shape index (κ2) is 5.27. The lowest BCUT2D eigenvalue weighted by Gasteiger charge is -2.26. The van der Waals surface area contributed by atoms with Crippen LogP contribution in [0.1, 0.15) is 30.8 Å². The molecule has 19 heavy (non-hydrogen) atoms. The number of benzene rings is 1. The van der Waals surface area contributed by atoms with Gasteiger partial charge in [-0.2, -0.15) is 0 Å². The Morgan fingerprint density at radius 1 is 1.47 bits per heavy atom. The molecule has 1 aromatic heterocycles. The SMILES string of the molecule is CC(NC1CCC(=O)NC1)c1nc2ccccc2s1. The molecule has 1 saturated heterocycles. The second-order valence-corrected chi connectivity index (χ2v) is 6.01. The van der Waals surface area contributed by atoms with Gasteiger partial charge < -0.3 is 10.6 Å². The molecule has 1 aliphatic rings. The summed E-state index contributed by atoms with van der Waals surface area (Å²) in [6.45, 7) is 2.85. The maximum absolute atomic E-state index is 11.1. The topological polar surface area (TPSA) is 54.0 Å². The van der Waals surface area contributed by atoms with Crippen molar-refractivity contribution in [2.75, 3.05) is 6.54 Å². The molecule has 1 fully saturated rings. The van der Waals surface area contributed by atoms with Crippen LogP contribution >= 0.6 is 11.3 Å². The van der Waals surface area contributed by atoms with E-state index >= 15 is 0 Å².